The third-order valence-corrected chi connectivity index (χ3v) is 6.76. The fraction of sp³-hybridized carbons (Fsp3) is 0.750. The summed E-state index contributed by atoms with van der Waals surface area (Å²) in [7, 11) is 0. The van der Waals surface area contributed by atoms with Gasteiger partial charge in [0.25, 0.3) is 0 Å². The van der Waals surface area contributed by atoms with E-state index in [-0.39, 0.29) is 0 Å². The normalized spacial score (nSPS) is 18.2. The first kappa shape index (κ1) is 20.5. The van der Waals surface area contributed by atoms with Crippen LogP contribution in [0.3, 0.4) is 0 Å². The molecule has 1 heteroatoms. The van der Waals surface area contributed by atoms with Crippen LogP contribution in [0.5, 0.6) is 0 Å². The van der Waals surface area contributed by atoms with Crippen LogP contribution in [-0.4, -0.2) is 18.0 Å². The Hall–Kier alpha value is -0.820. The van der Waals surface area contributed by atoms with Crippen LogP contribution in [0.4, 0.5) is 0 Å². The molecule has 1 aliphatic carbocycles. The third kappa shape index (κ3) is 5.58. The second-order valence-corrected chi connectivity index (χ2v) is 8.55. The maximum Gasteiger partial charge on any atom is 0.0233 e. The molecule has 0 saturated heterocycles. The Kier molecular flexibility index (Phi) is 8.49. The van der Waals surface area contributed by atoms with Crippen molar-refractivity contribution in [1.29, 1.82) is 0 Å². The van der Waals surface area contributed by atoms with Gasteiger partial charge in [-0.15, -0.1) is 0 Å². The summed E-state index contributed by atoms with van der Waals surface area (Å²) >= 11 is 0. The first-order valence-electron chi connectivity index (χ1n) is 10.9. The summed E-state index contributed by atoms with van der Waals surface area (Å²) in [6.07, 6.45) is 11.3. The first-order chi connectivity index (χ1) is 12.1. The lowest BCUT2D eigenvalue weighted by atomic mass is 9.64. The molecule has 1 aromatic carbocycles. The highest BCUT2D eigenvalue weighted by Crippen LogP contribution is 2.48. The van der Waals surface area contributed by atoms with Crippen molar-refractivity contribution < 1.29 is 0 Å². The first-order valence-corrected chi connectivity index (χ1v) is 10.9. The van der Waals surface area contributed by atoms with Gasteiger partial charge in [-0.1, -0.05) is 96.6 Å². The van der Waals surface area contributed by atoms with Crippen molar-refractivity contribution in [2.75, 3.05) is 13.1 Å². The molecule has 0 radical (unpaired) electrons. The maximum absolute atomic E-state index is 2.71. The average molecular weight is 344 g/mol. The molecule has 0 bridgehead atoms. The summed E-state index contributed by atoms with van der Waals surface area (Å²) in [6, 6.07) is 11.0. The van der Waals surface area contributed by atoms with Gasteiger partial charge in [-0.25, -0.2) is 0 Å². The van der Waals surface area contributed by atoms with Crippen LogP contribution < -0.4 is 0 Å². The minimum Gasteiger partial charge on any atom is -0.299 e. The van der Waals surface area contributed by atoms with Crippen molar-refractivity contribution in [3.8, 4) is 0 Å². The summed E-state index contributed by atoms with van der Waals surface area (Å²) in [5.74, 6) is 1.82. The molecule has 25 heavy (non-hydrogen) atoms. The molecule has 1 fully saturated rings. The third-order valence-electron chi connectivity index (χ3n) is 6.76. The minimum atomic E-state index is 0.479. The van der Waals surface area contributed by atoms with Crippen LogP contribution in [0.1, 0.15) is 84.6 Å². The SMILES string of the molecule is CCCC(CCC)C(C)(CN(CC)Cc1ccccc1)C1CCCC1. The summed E-state index contributed by atoms with van der Waals surface area (Å²) in [4.78, 5) is 2.71. The van der Waals surface area contributed by atoms with E-state index in [1.54, 1.807) is 0 Å². The van der Waals surface area contributed by atoms with Gasteiger partial charge < -0.3 is 0 Å². The van der Waals surface area contributed by atoms with E-state index >= 15 is 0 Å². The van der Waals surface area contributed by atoms with Gasteiger partial charge in [-0.3, -0.25) is 4.90 Å². The fourth-order valence-corrected chi connectivity index (χ4v) is 5.28. The topological polar surface area (TPSA) is 3.24 Å². The van der Waals surface area contributed by atoms with Gasteiger partial charge in [-0.2, -0.15) is 0 Å². The molecule has 2 rings (SSSR count). The zero-order valence-electron chi connectivity index (χ0n) is 17.3. The smallest absolute Gasteiger partial charge is 0.0233 e. The summed E-state index contributed by atoms with van der Waals surface area (Å²) < 4.78 is 0. The monoisotopic (exact) mass is 343 g/mol. The van der Waals surface area contributed by atoms with E-state index in [1.165, 1.54) is 63.5 Å². The molecule has 0 heterocycles. The lowest BCUT2D eigenvalue weighted by Crippen LogP contribution is -2.45. The van der Waals surface area contributed by atoms with E-state index in [9.17, 15) is 0 Å². The summed E-state index contributed by atoms with van der Waals surface area (Å²) in [5, 5.41) is 0. The van der Waals surface area contributed by atoms with Gasteiger partial charge in [0.05, 0.1) is 0 Å². The molecule has 0 amide bonds. The van der Waals surface area contributed by atoms with Gasteiger partial charge in [0, 0.05) is 13.1 Å². The zero-order chi connectivity index (χ0) is 18.1. The Morgan fingerprint density at radius 3 is 2.12 bits per heavy atom. The Morgan fingerprint density at radius 2 is 1.60 bits per heavy atom. The van der Waals surface area contributed by atoms with E-state index in [4.69, 9.17) is 0 Å². The van der Waals surface area contributed by atoms with Gasteiger partial charge in [0.2, 0.25) is 0 Å². The fourth-order valence-electron chi connectivity index (χ4n) is 5.28. The standard InChI is InChI=1S/C24H41N/c1-5-13-22(14-6-2)24(4,23-17-11-12-18-23)20-25(7-3)19-21-15-9-8-10-16-21/h8-10,15-16,22-23H,5-7,11-14,17-20H2,1-4H3. The Morgan fingerprint density at radius 1 is 1.00 bits per heavy atom. The number of nitrogens with zero attached hydrogens (tertiary/aromatic N) is 1. The number of hydrogen-bond acceptors (Lipinski definition) is 1. The molecule has 142 valence electrons. The van der Waals surface area contributed by atoms with Crippen LogP contribution in [-0.2, 0) is 6.54 Å². The highest BCUT2D eigenvalue weighted by Gasteiger charge is 2.42. The highest BCUT2D eigenvalue weighted by molar-refractivity contribution is 5.14. The molecule has 0 aliphatic heterocycles. The Balaban J connectivity index is 2.17. The summed E-state index contributed by atoms with van der Waals surface area (Å²) in [6.45, 7) is 13.3. The van der Waals surface area contributed by atoms with Gasteiger partial charge in [-0.05, 0) is 42.2 Å². The molecule has 1 aromatic rings. The van der Waals surface area contributed by atoms with Crippen molar-refractivity contribution in [2.24, 2.45) is 17.3 Å². The predicted molar refractivity (Wildman–Crippen MR) is 111 cm³/mol. The van der Waals surface area contributed by atoms with Gasteiger partial charge >= 0.3 is 0 Å². The van der Waals surface area contributed by atoms with E-state index in [0.29, 0.717) is 5.41 Å². The van der Waals surface area contributed by atoms with E-state index in [0.717, 1.165) is 24.9 Å². The van der Waals surface area contributed by atoms with E-state index in [1.807, 2.05) is 0 Å². The van der Waals surface area contributed by atoms with E-state index < -0.39 is 0 Å². The van der Waals surface area contributed by atoms with Crippen LogP contribution in [0.25, 0.3) is 0 Å². The molecule has 1 atom stereocenters. The number of benzene rings is 1. The quantitative estimate of drug-likeness (QED) is 0.421. The molecule has 1 nitrogen and oxygen atoms in total. The molecular formula is C24H41N. The van der Waals surface area contributed by atoms with Crippen LogP contribution in [0, 0.1) is 17.3 Å². The molecule has 1 unspecified atom stereocenters. The lowest BCUT2D eigenvalue weighted by Gasteiger charge is -2.46. The highest BCUT2D eigenvalue weighted by atomic mass is 15.1. The second-order valence-electron chi connectivity index (χ2n) is 8.55. The van der Waals surface area contributed by atoms with Crippen molar-refractivity contribution in [1.82, 2.24) is 4.90 Å². The van der Waals surface area contributed by atoms with Crippen molar-refractivity contribution in [3.05, 3.63) is 35.9 Å². The van der Waals surface area contributed by atoms with Crippen LogP contribution in [0.2, 0.25) is 0 Å². The molecular weight excluding hydrogens is 302 g/mol. The molecule has 0 aromatic heterocycles. The lowest BCUT2D eigenvalue weighted by molar-refractivity contribution is 0.0299. The van der Waals surface area contributed by atoms with Crippen LogP contribution in [0.15, 0.2) is 30.3 Å². The summed E-state index contributed by atoms with van der Waals surface area (Å²) in [5.41, 5.74) is 1.94. The van der Waals surface area contributed by atoms with Crippen molar-refractivity contribution >= 4 is 0 Å². The van der Waals surface area contributed by atoms with Gasteiger partial charge in [0.1, 0.15) is 0 Å². The molecule has 0 spiro atoms. The Bertz CT molecular complexity index is 456. The molecule has 0 N–H and O–H groups in total. The average Bonchev–Trinajstić information content (AvgIpc) is 3.17. The second kappa shape index (κ2) is 10.4. The minimum absolute atomic E-state index is 0.479. The molecule has 1 aliphatic rings. The number of hydrogen-bond donors (Lipinski definition) is 0. The largest absolute Gasteiger partial charge is 0.299 e. The van der Waals surface area contributed by atoms with E-state index in [2.05, 4.69) is 62.9 Å². The van der Waals surface area contributed by atoms with Gasteiger partial charge in [0.15, 0.2) is 0 Å². The van der Waals surface area contributed by atoms with Crippen molar-refractivity contribution in [3.63, 3.8) is 0 Å². The number of rotatable bonds is 11. The zero-order valence-corrected chi connectivity index (χ0v) is 17.3. The molecule has 1 saturated carbocycles. The maximum atomic E-state index is 2.71. The van der Waals surface area contributed by atoms with Crippen LogP contribution >= 0.6 is 0 Å². The van der Waals surface area contributed by atoms with Crippen molar-refractivity contribution in [2.45, 2.75) is 85.6 Å². The predicted octanol–water partition coefficient (Wildman–Crippen LogP) is 6.92. The Labute approximate surface area is 157 Å².